The lowest BCUT2D eigenvalue weighted by Gasteiger charge is -2.06. The molecule has 0 bridgehead atoms. The van der Waals surface area contributed by atoms with E-state index in [2.05, 4.69) is 20.2 Å². The number of aryl methyl sites for hydroxylation is 2. The fraction of sp³-hybridized carbons (Fsp3) is 0.188. The zero-order valence-electron chi connectivity index (χ0n) is 12.4. The first-order chi connectivity index (χ1) is 10.8. The summed E-state index contributed by atoms with van der Waals surface area (Å²) in [5.41, 5.74) is 2.82. The summed E-state index contributed by atoms with van der Waals surface area (Å²) in [6, 6.07) is 8.23. The van der Waals surface area contributed by atoms with Crippen molar-refractivity contribution in [3.8, 4) is 22.8 Å². The molecule has 0 radical (unpaired) electrons. The van der Waals surface area contributed by atoms with Gasteiger partial charge in [-0.1, -0.05) is 0 Å². The number of rotatable bonds is 2. The van der Waals surface area contributed by atoms with Crippen LogP contribution in [-0.4, -0.2) is 20.2 Å². The van der Waals surface area contributed by atoms with E-state index in [1.54, 1.807) is 12.3 Å². The molecule has 0 aliphatic rings. The molecule has 3 aromatic rings. The lowest BCUT2D eigenvalue weighted by atomic mass is 10.1. The second-order valence-corrected chi connectivity index (χ2v) is 5.30. The van der Waals surface area contributed by atoms with Crippen LogP contribution < -0.4 is 0 Å². The van der Waals surface area contributed by atoms with Crippen LogP contribution in [0.25, 0.3) is 22.8 Å². The zero-order valence-corrected chi connectivity index (χ0v) is 12.4. The fourth-order valence-electron chi connectivity index (χ4n) is 2.21. The van der Waals surface area contributed by atoms with E-state index in [-0.39, 0.29) is 5.69 Å². The van der Waals surface area contributed by atoms with Crippen molar-refractivity contribution in [2.45, 2.75) is 20.0 Å². The van der Waals surface area contributed by atoms with Crippen LogP contribution in [0, 0.1) is 13.8 Å². The van der Waals surface area contributed by atoms with E-state index in [1.807, 2.05) is 32.0 Å². The molecule has 0 saturated carbocycles. The van der Waals surface area contributed by atoms with Crippen LogP contribution in [0.4, 0.5) is 13.2 Å². The molecule has 3 aromatic heterocycles. The van der Waals surface area contributed by atoms with Crippen LogP contribution in [0.3, 0.4) is 0 Å². The highest BCUT2D eigenvalue weighted by Crippen LogP contribution is 2.30. The summed E-state index contributed by atoms with van der Waals surface area (Å²) in [5, 5.41) is 5.70. The second-order valence-electron chi connectivity index (χ2n) is 5.30. The summed E-state index contributed by atoms with van der Waals surface area (Å²) in [4.78, 5) is 8.67. The van der Waals surface area contributed by atoms with Gasteiger partial charge in [0, 0.05) is 6.20 Å². The number of nitrogens with one attached hydrogen (secondary N) is 1. The minimum atomic E-state index is -4.49. The second kappa shape index (κ2) is 5.49. The van der Waals surface area contributed by atoms with Crippen molar-refractivity contribution < 1.29 is 13.2 Å². The quantitative estimate of drug-likeness (QED) is 0.771. The molecule has 0 unspecified atom stereocenters. The van der Waals surface area contributed by atoms with E-state index in [9.17, 15) is 13.2 Å². The number of nitrogens with zero attached hydrogens (tertiary/aromatic N) is 3. The molecular formula is C16H13F3N4. The molecule has 0 amide bonds. The molecule has 118 valence electrons. The Morgan fingerprint density at radius 3 is 2.26 bits per heavy atom. The van der Waals surface area contributed by atoms with Gasteiger partial charge >= 0.3 is 6.18 Å². The highest BCUT2D eigenvalue weighted by Gasteiger charge is 2.34. The summed E-state index contributed by atoms with van der Waals surface area (Å²) in [6.45, 7) is 3.79. The van der Waals surface area contributed by atoms with E-state index >= 15 is 0 Å². The van der Waals surface area contributed by atoms with Crippen LogP contribution in [0.2, 0.25) is 0 Å². The van der Waals surface area contributed by atoms with Crippen molar-refractivity contribution >= 4 is 0 Å². The average Bonchev–Trinajstić information content (AvgIpc) is 2.96. The predicted molar refractivity (Wildman–Crippen MR) is 79.5 cm³/mol. The minimum absolute atomic E-state index is 0.218. The largest absolute Gasteiger partial charge is 0.435 e. The van der Waals surface area contributed by atoms with Gasteiger partial charge in [0.25, 0.3) is 0 Å². The number of hydrogen-bond acceptors (Lipinski definition) is 3. The third-order valence-corrected chi connectivity index (χ3v) is 3.29. The summed E-state index contributed by atoms with van der Waals surface area (Å²) < 4.78 is 38.0. The van der Waals surface area contributed by atoms with Gasteiger partial charge in [-0.25, -0.2) is 4.98 Å². The lowest BCUT2D eigenvalue weighted by Crippen LogP contribution is -2.04. The van der Waals surface area contributed by atoms with E-state index in [0.29, 0.717) is 17.1 Å². The van der Waals surface area contributed by atoms with Crippen molar-refractivity contribution in [2.75, 3.05) is 0 Å². The Morgan fingerprint density at radius 1 is 0.913 bits per heavy atom. The Balaban J connectivity index is 2.06. The van der Waals surface area contributed by atoms with Gasteiger partial charge in [0.15, 0.2) is 5.69 Å². The number of alkyl halides is 3. The van der Waals surface area contributed by atoms with Crippen molar-refractivity contribution in [1.82, 2.24) is 20.2 Å². The molecular weight excluding hydrogens is 305 g/mol. The van der Waals surface area contributed by atoms with E-state index in [4.69, 9.17) is 0 Å². The van der Waals surface area contributed by atoms with Gasteiger partial charge < -0.3 is 0 Å². The third kappa shape index (κ3) is 3.23. The number of aromatic nitrogens is 4. The monoisotopic (exact) mass is 318 g/mol. The van der Waals surface area contributed by atoms with Crippen LogP contribution in [0.5, 0.6) is 0 Å². The normalized spacial score (nSPS) is 11.7. The number of halogens is 3. The maximum Gasteiger partial charge on any atom is 0.435 e. The van der Waals surface area contributed by atoms with Crippen molar-refractivity contribution in [3.63, 3.8) is 0 Å². The SMILES string of the molecule is Cc1ccnc(-c2cc(C)cc(-c3cc(C(F)(F)F)n[nH]3)n2)c1. The maximum absolute atomic E-state index is 12.7. The molecule has 3 heterocycles. The minimum Gasteiger partial charge on any atom is -0.276 e. The van der Waals surface area contributed by atoms with E-state index in [0.717, 1.165) is 17.2 Å². The molecule has 4 nitrogen and oxygen atoms in total. The molecule has 0 saturated heterocycles. The van der Waals surface area contributed by atoms with Crippen LogP contribution in [0.15, 0.2) is 36.5 Å². The molecule has 0 aliphatic carbocycles. The summed E-state index contributed by atoms with van der Waals surface area (Å²) in [6.07, 6.45) is -2.81. The average molecular weight is 318 g/mol. The Kier molecular flexibility index (Phi) is 3.63. The Hall–Kier alpha value is -2.70. The highest BCUT2D eigenvalue weighted by molar-refractivity contribution is 5.63. The van der Waals surface area contributed by atoms with Gasteiger partial charge in [-0.15, -0.1) is 0 Å². The molecule has 23 heavy (non-hydrogen) atoms. The van der Waals surface area contributed by atoms with Crippen LogP contribution in [0.1, 0.15) is 16.8 Å². The first-order valence-electron chi connectivity index (χ1n) is 6.87. The molecule has 0 fully saturated rings. The van der Waals surface area contributed by atoms with Gasteiger partial charge in [0.05, 0.1) is 22.8 Å². The molecule has 0 aliphatic heterocycles. The Bertz CT molecular complexity index is 853. The highest BCUT2D eigenvalue weighted by atomic mass is 19.4. The Morgan fingerprint density at radius 2 is 1.61 bits per heavy atom. The van der Waals surface area contributed by atoms with Gasteiger partial charge in [0.1, 0.15) is 0 Å². The predicted octanol–water partition coefficient (Wildman–Crippen LogP) is 4.17. The number of pyridine rings is 2. The summed E-state index contributed by atoms with van der Waals surface area (Å²) in [5.74, 6) is 0. The van der Waals surface area contributed by atoms with E-state index in [1.165, 1.54) is 0 Å². The number of hydrogen-bond donors (Lipinski definition) is 1. The van der Waals surface area contributed by atoms with Gasteiger partial charge in [-0.2, -0.15) is 18.3 Å². The fourth-order valence-corrected chi connectivity index (χ4v) is 2.21. The molecule has 3 rings (SSSR count). The van der Waals surface area contributed by atoms with Crippen molar-refractivity contribution in [1.29, 1.82) is 0 Å². The topological polar surface area (TPSA) is 54.5 Å². The maximum atomic E-state index is 12.7. The van der Waals surface area contributed by atoms with Gasteiger partial charge in [-0.05, 0) is 55.3 Å². The van der Waals surface area contributed by atoms with Crippen LogP contribution in [-0.2, 0) is 6.18 Å². The first-order valence-corrected chi connectivity index (χ1v) is 6.87. The molecule has 1 N–H and O–H groups in total. The third-order valence-electron chi connectivity index (χ3n) is 3.29. The number of H-pyrrole nitrogens is 1. The van der Waals surface area contributed by atoms with Crippen LogP contribution >= 0.6 is 0 Å². The summed E-state index contributed by atoms with van der Waals surface area (Å²) >= 11 is 0. The Labute approximate surface area is 130 Å². The number of aromatic amines is 1. The first kappa shape index (κ1) is 15.2. The van der Waals surface area contributed by atoms with Gasteiger partial charge in [0.2, 0.25) is 0 Å². The molecule has 0 aromatic carbocycles. The van der Waals surface area contributed by atoms with E-state index < -0.39 is 11.9 Å². The van der Waals surface area contributed by atoms with Gasteiger partial charge in [-0.3, -0.25) is 10.1 Å². The lowest BCUT2D eigenvalue weighted by molar-refractivity contribution is -0.141. The van der Waals surface area contributed by atoms with Crippen molar-refractivity contribution in [2.24, 2.45) is 0 Å². The smallest absolute Gasteiger partial charge is 0.276 e. The van der Waals surface area contributed by atoms with Crippen molar-refractivity contribution in [3.05, 3.63) is 53.3 Å². The molecule has 0 atom stereocenters. The zero-order chi connectivity index (χ0) is 16.6. The molecule has 0 spiro atoms. The molecule has 7 heteroatoms. The summed E-state index contributed by atoms with van der Waals surface area (Å²) in [7, 11) is 0. The standard InChI is InChI=1S/C16H13F3N4/c1-9-3-4-20-11(5-9)12-6-10(2)7-13(21-12)14-8-15(23-22-14)16(17,18)19/h3-8H,1-2H3,(H,22,23).